The van der Waals surface area contributed by atoms with Gasteiger partial charge in [0.2, 0.25) is 0 Å². The maximum Gasteiger partial charge on any atom is 0.391 e. The number of aromatic nitrogens is 2. The van der Waals surface area contributed by atoms with Crippen LogP contribution in [0.4, 0.5) is 28.0 Å². The number of carbonyl (C=O) groups excluding carboxylic acids is 2. The molecule has 2 atom stereocenters. The lowest BCUT2D eigenvalue weighted by atomic mass is 10.0. The number of benzene rings is 1. The number of fused-ring (bicyclic) bond motifs is 1. The molecule has 164 valence electrons. The van der Waals surface area contributed by atoms with Crippen LogP contribution in [0.5, 0.6) is 0 Å². The summed E-state index contributed by atoms with van der Waals surface area (Å²) in [6.07, 6.45) is -3.85. The van der Waals surface area contributed by atoms with E-state index >= 15 is 0 Å². The Kier molecular flexibility index (Phi) is 6.01. The maximum atomic E-state index is 13.5. The van der Waals surface area contributed by atoms with Gasteiger partial charge in [-0.1, -0.05) is 6.92 Å². The molecule has 1 aromatic heterocycles. The van der Waals surface area contributed by atoms with E-state index in [4.69, 9.17) is 5.26 Å². The first-order chi connectivity index (χ1) is 14.5. The molecule has 1 aliphatic heterocycles. The van der Waals surface area contributed by atoms with Crippen molar-refractivity contribution in [3.8, 4) is 6.07 Å². The Morgan fingerprint density at radius 2 is 2.10 bits per heavy atom. The van der Waals surface area contributed by atoms with Crippen molar-refractivity contribution >= 4 is 17.5 Å². The van der Waals surface area contributed by atoms with Crippen LogP contribution in [0.2, 0.25) is 0 Å². The smallest absolute Gasteiger partial charge is 0.330 e. The molecule has 11 heteroatoms. The van der Waals surface area contributed by atoms with E-state index in [-0.39, 0.29) is 29.5 Å². The van der Waals surface area contributed by atoms with Crippen LogP contribution < -0.4 is 5.32 Å². The number of Topliss-reactive ketones (excluding diaryl/α,β-unsaturated/α-hetero) is 1. The molecule has 0 bridgehead atoms. The summed E-state index contributed by atoms with van der Waals surface area (Å²) in [6, 6.07) is 4.37. The van der Waals surface area contributed by atoms with Crippen molar-refractivity contribution < 1.29 is 27.2 Å². The molecular formula is C20H19F4N5O2. The molecule has 1 aliphatic rings. The van der Waals surface area contributed by atoms with Gasteiger partial charge in [0.1, 0.15) is 17.6 Å². The zero-order valence-corrected chi connectivity index (χ0v) is 16.7. The van der Waals surface area contributed by atoms with Crippen molar-refractivity contribution in [2.24, 2.45) is 5.92 Å². The van der Waals surface area contributed by atoms with Crippen molar-refractivity contribution in [1.29, 1.82) is 5.26 Å². The summed E-state index contributed by atoms with van der Waals surface area (Å²) in [5.74, 6) is -3.27. The molecule has 0 saturated carbocycles. The number of amides is 2. The molecule has 1 N–H and O–H groups in total. The molecule has 2 amide bonds. The monoisotopic (exact) mass is 437 g/mol. The standard InChI is InChI=1S/C20H19F4N5O2/c1-11(20(22,23)24)5-17(30)18-16-9-29(12(2)8-28(16)10-26-18)19(31)27-14-3-4-15(21)13(6-14)7-25/h3-4,6,10-12H,5,8-9H2,1-2H3,(H,27,31)/t11-,12-/m0/s1. The number of ketones is 1. The minimum atomic E-state index is -4.49. The summed E-state index contributed by atoms with van der Waals surface area (Å²) in [5.41, 5.74) is 0.248. The average molecular weight is 437 g/mol. The highest BCUT2D eigenvalue weighted by atomic mass is 19.4. The van der Waals surface area contributed by atoms with Gasteiger partial charge in [0.25, 0.3) is 0 Å². The van der Waals surface area contributed by atoms with Gasteiger partial charge in [-0.2, -0.15) is 18.4 Å². The second-order valence-electron chi connectivity index (χ2n) is 7.48. The van der Waals surface area contributed by atoms with E-state index in [2.05, 4.69) is 10.3 Å². The zero-order valence-electron chi connectivity index (χ0n) is 16.7. The van der Waals surface area contributed by atoms with E-state index < -0.39 is 36.1 Å². The Bertz CT molecular complexity index is 1060. The van der Waals surface area contributed by atoms with Gasteiger partial charge in [0, 0.05) is 24.7 Å². The third-order valence-corrected chi connectivity index (χ3v) is 5.17. The average Bonchev–Trinajstić information content (AvgIpc) is 3.10. The Hall–Kier alpha value is -3.42. The molecule has 0 radical (unpaired) electrons. The number of nitriles is 1. The quantitative estimate of drug-likeness (QED) is 0.576. The number of nitrogens with zero attached hydrogens (tertiary/aromatic N) is 4. The number of hydrogen-bond acceptors (Lipinski definition) is 4. The minimum absolute atomic E-state index is 0.0409. The van der Waals surface area contributed by atoms with Gasteiger partial charge in [0.15, 0.2) is 5.78 Å². The van der Waals surface area contributed by atoms with Gasteiger partial charge in [-0.15, -0.1) is 0 Å². The molecule has 31 heavy (non-hydrogen) atoms. The third-order valence-electron chi connectivity index (χ3n) is 5.17. The van der Waals surface area contributed by atoms with Gasteiger partial charge in [0.05, 0.1) is 30.0 Å². The number of halogens is 4. The van der Waals surface area contributed by atoms with Crippen LogP contribution in [0.15, 0.2) is 24.5 Å². The van der Waals surface area contributed by atoms with E-state index in [0.717, 1.165) is 13.0 Å². The molecule has 1 aromatic carbocycles. The number of hydrogen-bond donors (Lipinski definition) is 1. The topological polar surface area (TPSA) is 91.0 Å². The van der Waals surface area contributed by atoms with Crippen LogP contribution in [0.1, 0.15) is 42.0 Å². The number of nitrogens with one attached hydrogen (secondary N) is 1. The van der Waals surface area contributed by atoms with Crippen LogP contribution in [-0.4, -0.2) is 38.5 Å². The molecule has 0 fully saturated rings. The van der Waals surface area contributed by atoms with Crippen LogP contribution >= 0.6 is 0 Å². The first kappa shape index (κ1) is 22.3. The predicted octanol–water partition coefficient (Wildman–Crippen LogP) is 4.10. The Morgan fingerprint density at radius 1 is 1.39 bits per heavy atom. The van der Waals surface area contributed by atoms with E-state index in [9.17, 15) is 27.2 Å². The highest BCUT2D eigenvalue weighted by molar-refractivity contribution is 5.96. The predicted molar refractivity (Wildman–Crippen MR) is 102 cm³/mol. The molecule has 0 saturated heterocycles. The SMILES string of the molecule is C[C@H]1Cn2cnc(C(=O)C[C@H](C)C(F)(F)F)c2CN1C(=O)Nc1ccc(F)c(C#N)c1. The van der Waals surface area contributed by atoms with Crippen molar-refractivity contribution in [1.82, 2.24) is 14.5 Å². The van der Waals surface area contributed by atoms with Crippen molar-refractivity contribution in [2.75, 3.05) is 5.32 Å². The summed E-state index contributed by atoms with van der Waals surface area (Å²) in [4.78, 5) is 30.6. The molecular weight excluding hydrogens is 418 g/mol. The van der Waals surface area contributed by atoms with Gasteiger partial charge in [-0.25, -0.2) is 14.2 Å². The highest BCUT2D eigenvalue weighted by Gasteiger charge is 2.39. The fourth-order valence-corrected chi connectivity index (χ4v) is 3.31. The largest absolute Gasteiger partial charge is 0.391 e. The van der Waals surface area contributed by atoms with Crippen LogP contribution in [0, 0.1) is 23.1 Å². The molecule has 3 rings (SSSR count). The molecule has 2 aromatic rings. The van der Waals surface area contributed by atoms with E-state index in [1.165, 1.54) is 23.4 Å². The summed E-state index contributed by atoms with van der Waals surface area (Å²) < 4.78 is 53.6. The van der Waals surface area contributed by atoms with E-state index in [1.54, 1.807) is 17.6 Å². The van der Waals surface area contributed by atoms with Crippen molar-refractivity contribution in [3.05, 3.63) is 47.3 Å². The number of imidazole rings is 1. The molecule has 7 nitrogen and oxygen atoms in total. The fourth-order valence-electron chi connectivity index (χ4n) is 3.31. The second-order valence-corrected chi connectivity index (χ2v) is 7.48. The van der Waals surface area contributed by atoms with Gasteiger partial charge >= 0.3 is 12.2 Å². The molecule has 0 spiro atoms. The van der Waals surface area contributed by atoms with E-state index in [0.29, 0.717) is 12.2 Å². The fraction of sp³-hybridized carbons (Fsp3) is 0.400. The Morgan fingerprint density at radius 3 is 2.74 bits per heavy atom. The molecule has 0 aliphatic carbocycles. The lowest BCUT2D eigenvalue weighted by Gasteiger charge is -2.34. The van der Waals surface area contributed by atoms with Gasteiger partial charge in [-0.3, -0.25) is 4.79 Å². The number of alkyl halides is 3. The number of urea groups is 1. The lowest BCUT2D eigenvalue weighted by molar-refractivity contribution is -0.168. The maximum absolute atomic E-state index is 13.5. The summed E-state index contributed by atoms with van der Waals surface area (Å²) >= 11 is 0. The van der Waals surface area contributed by atoms with Crippen LogP contribution in [0.3, 0.4) is 0 Å². The summed E-state index contributed by atoms with van der Waals surface area (Å²) in [5, 5.41) is 11.5. The Labute approximate surface area is 175 Å². The summed E-state index contributed by atoms with van der Waals surface area (Å²) in [6.45, 7) is 2.95. The van der Waals surface area contributed by atoms with Gasteiger partial charge < -0.3 is 14.8 Å². The third kappa shape index (κ3) is 4.68. The first-order valence-electron chi connectivity index (χ1n) is 9.42. The summed E-state index contributed by atoms with van der Waals surface area (Å²) in [7, 11) is 0. The van der Waals surface area contributed by atoms with Gasteiger partial charge in [-0.05, 0) is 25.1 Å². The van der Waals surface area contributed by atoms with Crippen molar-refractivity contribution in [3.63, 3.8) is 0 Å². The highest BCUT2D eigenvalue weighted by Crippen LogP contribution is 2.30. The van der Waals surface area contributed by atoms with Crippen molar-refractivity contribution in [2.45, 2.75) is 45.6 Å². The first-order valence-corrected chi connectivity index (χ1v) is 9.42. The van der Waals surface area contributed by atoms with E-state index in [1.807, 2.05) is 0 Å². The zero-order chi connectivity index (χ0) is 22.9. The molecule has 2 heterocycles. The second kappa shape index (κ2) is 8.37. The normalized spacial score (nSPS) is 16.9. The minimum Gasteiger partial charge on any atom is -0.330 e. The Balaban J connectivity index is 1.78. The lowest BCUT2D eigenvalue weighted by Crippen LogP contribution is -2.46. The van der Waals surface area contributed by atoms with Crippen LogP contribution in [-0.2, 0) is 13.1 Å². The van der Waals surface area contributed by atoms with Crippen LogP contribution in [0.25, 0.3) is 0 Å². The number of anilines is 1. The molecule has 0 unspecified atom stereocenters. The number of carbonyl (C=O) groups is 2. The number of rotatable bonds is 4.